The second-order valence-electron chi connectivity index (χ2n) is 2.41. The molecular weight excluding hydrogens is 184 g/mol. The summed E-state index contributed by atoms with van der Waals surface area (Å²) in [6.07, 6.45) is 1.96. The van der Waals surface area contributed by atoms with Gasteiger partial charge >= 0.3 is 0 Å². The van der Waals surface area contributed by atoms with Crippen molar-refractivity contribution >= 4 is 23.4 Å². The highest BCUT2D eigenvalue weighted by atomic mass is 32.2. The van der Waals surface area contributed by atoms with Crippen molar-refractivity contribution in [1.82, 2.24) is 9.97 Å². The van der Waals surface area contributed by atoms with Gasteiger partial charge in [-0.25, -0.2) is 9.97 Å². The van der Waals surface area contributed by atoms with Crippen LogP contribution < -0.4 is 10.6 Å². The Bertz CT molecular complexity index is 255. The molecule has 1 rings (SSSR count). The molecule has 0 saturated carbocycles. The predicted molar refractivity (Wildman–Crippen MR) is 57.5 cm³/mol. The van der Waals surface area contributed by atoms with Gasteiger partial charge in [-0.3, -0.25) is 0 Å². The van der Waals surface area contributed by atoms with Gasteiger partial charge in [-0.15, -0.1) is 0 Å². The Morgan fingerprint density at radius 3 is 2.62 bits per heavy atom. The largest absolute Gasteiger partial charge is 0.373 e. The lowest BCUT2D eigenvalue weighted by Crippen LogP contribution is -2.03. The first-order valence-corrected chi connectivity index (χ1v) is 5.37. The molecule has 0 aliphatic heterocycles. The molecule has 5 heteroatoms. The fourth-order valence-electron chi connectivity index (χ4n) is 0.916. The molecule has 1 aromatic heterocycles. The van der Waals surface area contributed by atoms with E-state index >= 15 is 0 Å². The number of hydrogen-bond acceptors (Lipinski definition) is 5. The molecule has 0 spiro atoms. The van der Waals surface area contributed by atoms with Crippen molar-refractivity contribution in [3.63, 3.8) is 0 Å². The van der Waals surface area contributed by atoms with Gasteiger partial charge < -0.3 is 10.6 Å². The van der Waals surface area contributed by atoms with E-state index in [4.69, 9.17) is 0 Å². The summed E-state index contributed by atoms with van der Waals surface area (Å²) in [7, 11) is 1.85. The van der Waals surface area contributed by atoms with Gasteiger partial charge in [0.1, 0.15) is 11.6 Å². The molecule has 0 radical (unpaired) electrons. The predicted octanol–water partition coefficient (Wildman–Crippen LogP) is 1.67. The zero-order valence-electron chi connectivity index (χ0n) is 8.09. The highest BCUT2D eigenvalue weighted by Crippen LogP contribution is 2.16. The minimum Gasteiger partial charge on any atom is -0.373 e. The van der Waals surface area contributed by atoms with Crippen LogP contribution in [0.25, 0.3) is 0 Å². The summed E-state index contributed by atoms with van der Waals surface area (Å²) in [5.41, 5.74) is 0. The van der Waals surface area contributed by atoms with Crippen LogP contribution in [-0.2, 0) is 0 Å². The molecule has 0 bridgehead atoms. The van der Waals surface area contributed by atoms with Crippen LogP contribution >= 0.6 is 11.8 Å². The van der Waals surface area contributed by atoms with Crippen molar-refractivity contribution in [1.29, 1.82) is 0 Å². The molecule has 13 heavy (non-hydrogen) atoms. The van der Waals surface area contributed by atoms with Gasteiger partial charge in [0.15, 0.2) is 5.16 Å². The SMILES string of the molecule is CCNc1cc(NC)nc(SC)n1. The maximum Gasteiger partial charge on any atom is 0.191 e. The Kier molecular flexibility index (Phi) is 3.82. The van der Waals surface area contributed by atoms with Gasteiger partial charge in [-0.1, -0.05) is 11.8 Å². The molecule has 0 aliphatic rings. The van der Waals surface area contributed by atoms with Gasteiger partial charge in [0.25, 0.3) is 0 Å². The average molecular weight is 198 g/mol. The van der Waals surface area contributed by atoms with Crippen LogP contribution in [0.1, 0.15) is 6.92 Å². The Labute approximate surface area is 82.6 Å². The number of nitrogens with one attached hydrogen (secondary N) is 2. The lowest BCUT2D eigenvalue weighted by molar-refractivity contribution is 0.964. The number of nitrogens with zero attached hydrogens (tertiary/aromatic N) is 2. The van der Waals surface area contributed by atoms with Gasteiger partial charge in [0, 0.05) is 19.7 Å². The highest BCUT2D eigenvalue weighted by molar-refractivity contribution is 7.98. The minimum absolute atomic E-state index is 0.780. The first kappa shape index (κ1) is 10.1. The third-order valence-electron chi connectivity index (χ3n) is 1.50. The van der Waals surface area contributed by atoms with E-state index in [0.29, 0.717) is 0 Å². The maximum atomic E-state index is 4.29. The summed E-state index contributed by atoms with van der Waals surface area (Å²) in [5.74, 6) is 1.71. The first-order chi connectivity index (χ1) is 6.30. The monoisotopic (exact) mass is 198 g/mol. The van der Waals surface area contributed by atoms with Crippen LogP contribution in [0.2, 0.25) is 0 Å². The zero-order chi connectivity index (χ0) is 9.68. The summed E-state index contributed by atoms with van der Waals surface area (Å²) in [6.45, 7) is 2.91. The van der Waals surface area contributed by atoms with E-state index in [-0.39, 0.29) is 0 Å². The van der Waals surface area contributed by atoms with E-state index in [1.165, 1.54) is 11.8 Å². The van der Waals surface area contributed by atoms with E-state index in [1.807, 2.05) is 26.3 Å². The van der Waals surface area contributed by atoms with Crippen LogP contribution in [0.3, 0.4) is 0 Å². The molecule has 0 atom stereocenters. The van der Waals surface area contributed by atoms with Crippen LogP contribution in [0.4, 0.5) is 11.6 Å². The van der Waals surface area contributed by atoms with Gasteiger partial charge in [-0.2, -0.15) is 0 Å². The molecule has 72 valence electrons. The van der Waals surface area contributed by atoms with Gasteiger partial charge in [0.2, 0.25) is 0 Å². The van der Waals surface area contributed by atoms with E-state index in [9.17, 15) is 0 Å². The zero-order valence-corrected chi connectivity index (χ0v) is 8.90. The molecule has 0 aromatic carbocycles. The lowest BCUT2D eigenvalue weighted by atomic mass is 10.5. The second kappa shape index (κ2) is 4.91. The summed E-state index contributed by atoms with van der Waals surface area (Å²) in [4.78, 5) is 8.54. The van der Waals surface area contributed by atoms with Crippen LogP contribution in [0.15, 0.2) is 11.2 Å². The van der Waals surface area contributed by atoms with Crippen LogP contribution in [-0.4, -0.2) is 29.8 Å². The molecule has 0 fully saturated rings. The topological polar surface area (TPSA) is 49.8 Å². The summed E-state index contributed by atoms with van der Waals surface area (Å²) >= 11 is 1.54. The Balaban J connectivity index is 2.93. The summed E-state index contributed by atoms with van der Waals surface area (Å²) in [5, 5.41) is 6.93. The van der Waals surface area contributed by atoms with E-state index in [2.05, 4.69) is 20.6 Å². The number of aromatic nitrogens is 2. The van der Waals surface area contributed by atoms with Crippen LogP contribution in [0.5, 0.6) is 0 Å². The molecule has 1 aromatic rings. The van der Waals surface area contributed by atoms with Crippen LogP contribution in [0, 0.1) is 0 Å². The number of anilines is 2. The minimum atomic E-state index is 0.780. The third kappa shape index (κ3) is 2.77. The molecule has 0 saturated heterocycles. The fraction of sp³-hybridized carbons (Fsp3) is 0.500. The third-order valence-corrected chi connectivity index (χ3v) is 2.05. The van der Waals surface area contributed by atoms with Crippen molar-refractivity contribution in [2.24, 2.45) is 0 Å². The quantitative estimate of drug-likeness (QED) is 0.569. The highest BCUT2D eigenvalue weighted by Gasteiger charge is 2.00. The molecular formula is C8H14N4S. The number of rotatable bonds is 4. The van der Waals surface area contributed by atoms with Crippen molar-refractivity contribution in [3.8, 4) is 0 Å². The molecule has 4 nitrogen and oxygen atoms in total. The fourth-order valence-corrected chi connectivity index (χ4v) is 1.30. The normalized spacial score (nSPS) is 9.77. The van der Waals surface area contributed by atoms with E-state index in [0.717, 1.165) is 23.3 Å². The van der Waals surface area contributed by atoms with E-state index in [1.54, 1.807) is 0 Å². The first-order valence-electron chi connectivity index (χ1n) is 4.14. The molecule has 0 aliphatic carbocycles. The number of hydrogen-bond donors (Lipinski definition) is 2. The standard InChI is InChI=1S/C8H14N4S/c1-4-10-7-5-6(9-2)11-8(12-7)13-3/h5H,4H2,1-3H3,(H2,9,10,11,12). The van der Waals surface area contributed by atoms with Gasteiger partial charge in [-0.05, 0) is 13.2 Å². The molecule has 0 amide bonds. The van der Waals surface area contributed by atoms with Crippen molar-refractivity contribution in [2.75, 3.05) is 30.5 Å². The van der Waals surface area contributed by atoms with Gasteiger partial charge in [0.05, 0.1) is 0 Å². The second-order valence-corrected chi connectivity index (χ2v) is 3.18. The Hall–Kier alpha value is -0.970. The summed E-state index contributed by atoms with van der Waals surface area (Å²) < 4.78 is 0. The Morgan fingerprint density at radius 2 is 2.08 bits per heavy atom. The molecule has 2 N–H and O–H groups in total. The van der Waals surface area contributed by atoms with Crippen molar-refractivity contribution in [3.05, 3.63) is 6.07 Å². The van der Waals surface area contributed by atoms with Crippen molar-refractivity contribution in [2.45, 2.75) is 12.1 Å². The smallest absolute Gasteiger partial charge is 0.191 e. The molecule has 1 heterocycles. The van der Waals surface area contributed by atoms with E-state index < -0.39 is 0 Å². The number of thioether (sulfide) groups is 1. The molecule has 0 unspecified atom stereocenters. The van der Waals surface area contributed by atoms with Crippen molar-refractivity contribution < 1.29 is 0 Å². The maximum absolute atomic E-state index is 4.29. The lowest BCUT2D eigenvalue weighted by Gasteiger charge is -2.06. The Morgan fingerprint density at radius 1 is 1.38 bits per heavy atom. The summed E-state index contributed by atoms with van der Waals surface area (Å²) in [6, 6.07) is 1.89. The average Bonchev–Trinajstić information content (AvgIpc) is 2.17.